The van der Waals surface area contributed by atoms with Gasteiger partial charge in [-0.1, -0.05) is 13.3 Å². The highest BCUT2D eigenvalue weighted by atomic mass is 16.3. The van der Waals surface area contributed by atoms with Gasteiger partial charge in [0.25, 0.3) is 0 Å². The highest BCUT2D eigenvalue weighted by Gasteiger charge is 2.27. The Bertz CT molecular complexity index is 260. The van der Waals surface area contributed by atoms with Crippen molar-refractivity contribution in [3.63, 3.8) is 0 Å². The Morgan fingerprint density at radius 2 is 2.47 bits per heavy atom. The number of nitrogens with zero attached hydrogens (tertiary/aromatic N) is 2. The minimum absolute atomic E-state index is 0.113. The normalized spacial score (nSPS) is 23.3. The summed E-state index contributed by atoms with van der Waals surface area (Å²) in [5.74, 6) is -0.640. The average Bonchev–Trinajstić information content (AvgIpc) is 2.25. The van der Waals surface area contributed by atoms with Crippen molar-refractivity contribution in [1.82, 2.24) is 4.90 Å². The number of piperidine rings is 1. The second kappa shape index (κ2) is 5.72. The first-order chi connectivity index (χ1) is 7.19. The molecule has 2 atom stereocenters. The molecule has 4 heteroatoms. The third kappa shape index (κ3) is 3.21. The molecule has 1 amide bonds. The van der Waals surface area contributed by atoms with Crippen LogP contribution in [0.3, 0.4) is 0 Å². The van der Waals surface area contributed by atoms with Gasteiger partial charge in [0.15, 0.2) is 0 Å². The summed E-state index contributed by atoms with van der Waals surface area (Å²) in [6, 6.07) is 2.04. The number of nitriles is 1. The third-order valence-corrected chi connectivity index (χ3v) is 2.74. The van der Waals surface area contributed by atoms with E-state index in [9.17, 15) is 9.90 Å². The highest BCUT2D eigenvalue weighted by molar-refractivity contribution is 5.81. The van der Waals surface area contributed by atoms with Crippen LogP contribution in [0.2, 0.25) is 0 Å². The fourth-order valence-corrected chi connectivity index (χ4v) is 1.91. The van der Waals surface area contributed by atoms with Crippen LogP contribution in [-0.4, -0.2) is 35.1 Å². The molecule has 0 aromatic rings. The van der Waals surface area contributed by atoms with E-state index < -0.39 is 12.0 Å². The van der Waals surface area contributed by atoms with E-state index in [0.29, 0.717) is 19.5 Å². The van der Waals surface area contributed by atoms with E-state index in [0.717, 1.165) is 19.3 Å². The van der Waals surface area contributed by atoms with E-state index in [1.54, 1.807) is 4.90 Å². The van der Waals surface area contributed by atoms with E-state index in [-0.39, 0.29) is 5.91 Å². The van der Waals surface area contributed by atoms with Crippen molar-refractivity contribution in [2.24, 2.45) is 5.92 Å². The number of hydrogen-bond donors (Lipinski definition) is 1. The SMILES string of the molecule is CCCC(C#N)C(=O)N1CCC[C@H](O)C1. The minimum atomic E-state index is -0.528. The van der Waals surface area contributed by atoms with E-state index in [1.165, 1.54) is 0 Å². The van der Waals surface area contributed by atoms with Gasteiger partial charge in [-0.05, 0) is 19.3 Å². The monoisotopic (exact) mass is 210 g/mol. The van der Waals surface area contributed by atoms with Gasteiger partial charge in [-0.25, -0.2) is 0 Å². The number of aliphatic hydroxyl groups is 1. The van der Waals surface area contributed by atoms with Crippen LogP contribution in [0.4, 0.5) is 0 Å². The molecule has 1 aliphatic heterocycles. The first-order valence-corrected chi connectivity index (χ1v) is 5.55. The van der Waals surface area contributed by atoms with Gasteiger partial charge in [0.2, 0.25) is 5.91 Å². The lowest BCUT2D eigenvalue weighted by atomic mass is 10.0. The Morgan fingerprint density at radius 1 is 1.73 bits per heavy atom. The molecule has 1 saturated heterocycles. The van der Waals surface area contributed by atoms with E-state index in [4.69, 9.17) is 5.26 Å². The Morgan fingerprint density at radius 3 is 3.00 bits per heavy atom. The number of carbonyl (C=O) groups excluding carboxylic acids is 1. The minimum Gasteiger partial charge on any atom is -0.391 e. The molecule has 0 radical (unpaired) electrons. The van der Waals surface area contributed by atoms with Gasteiger partial charge >= 0.3 is 0 Å². The number of amides is 1. The first kappa shape index (κ1) is 12.0. The van der Waals surface area contributed by atoms with Crippen LogP contribution >= 0.6 is 0 Å². The van der Waals surface area contributed by atoms with Gasteiger partial charge in [0, 0.05) is 13.1 Å². The predicted molar refractivity (Wildman–Crippen MR) is 55.8 cm³/mol. The largest absolute Gasteiger partial charge is 0.391 e. The molecule has 0 bridgehead atoms. The lowest BCUT2D eigenvalue weighted by molar-refractivity contribution is -0.137. The Labute approximate surface area is 90.5 Å². The van der Waals surface area contributed by atoms with Crippen LogP contribution < -0.4 is 0 Å². The number of rotatable bonds is 3. The van der Waals surface area contributed by atoms with Crippen LogP contribution in [0.5, 0.6) is 0 Å². The van der Waals surface area contributed by atoms with Gasteiger partial charge < -0.3 is 10.0 Å². The number of likely N-dealkylation sites (tertiary alicyclic amines) is 1. The summed E-state index contributed by atoms with van der Waals surface area (Å²) in [6.07, 6.45) is 2.62. The van der Waals surface area contributed by atoms with Gasteiger partial charge in [0.1, 0.15) is 5.92 Å². The summed E-state index contributed by atoms with van der Waals surface area (Å²) >= 11 is 0. The third-order valence-electron chi connectivity index (χ3n) is 2.74. The van der Waals surface area contributed by atoms with Crippen LogP contribution in [0, 0.1) is 17.2 Å². The molecule has 0 aromatic heterocycles. The molecule has 0 saturated carbocycles. The number of aliphatic hydroxyl groups excluding tert-OH is 1. The smallest absolute Gasteiger partial charge is 0.240 e. The molecule has 0 aliphatic carbocycles. The lowest BCUT2D eigenvalue weighted by Gasteiger charge is -2.31. The van der Waals surface area contributed by atoms with Crippen molar-refractivity contribution >= 4 is 5.91 Å². The van der Waals surface area contributed by atoms with Gasteiger partial charge in [-0.3, -0.25) is 4.79 Å². The molecule has 1 N–H and O–H groups in total. The van der Waals surface area contributed by atoms with Gasteiger partial charge in [0.05, 0.1) is 12.2 Å². The maximum Gasteiger partial charge on any atom is 0.240 e. The number of carbonyl (C=O) groups is 1. The lowest BCUT2D eigenvalue weighted by Crippen LogP contribution is -2.44. The first-order valence-electron chi connectivity index (χ1n) is 5.55. The van der Waals surface area contributed by atoms with Crippen LogP contribution in [0.25, 0.3) is 0 Å². The molecule has 84 valence electrons. The summed E-state index contributed by atoms with van der Waals surface area (Å²) in [6.45, 7) is 3.03. The molecule has 0 aromatic carbocycles. The molecule has 1 unspecified atom stereocenters. The fraction of sp³-hybridized carbons (Fsp3) is 0.818. The Hall–Kier alpha value is -1.08. The van der Waals surface area contributed by atoms with Crippen molar-refractivity contribution in [3.8, 4) is 6.07 Å². The zero-order chi connectivity index (χ0) is 11.3. The molecule has 4 nitrogen and oxygen atoms in total. The quantitative estimate of drug-likeness (QED) is 0.753. The topological polar surface area (TPSA) is 64.3 Å². The zero-order valence-electron chi connectivity index (χ0n) is 9.15. The van der Waals surface area contributed by atoms with Crippen molar-refractivity contribution in [3.05, 3.63) is 0 Å². The van der Waals surface area contributed by atoms with Crippen LogP contribution in [-0.2, 0) is 4.79 Å². The fourth-order valence-electron chi connectivity index (χ4n) is 1.91. The maximum absolute atomic E-state index is 11.9. The molecule has 15 heavy (non-hydrogen) atoms. The van der Waals surface area contributed by atoms with Crippen LogP contribution in [0.1, 0.15) is 32.6 Å². The van der Waals surface area contributed by atoms with E-state index in [2.05, 4.69) is 0 Å². The Balaban J connectivity index is 2.54. The standard InChI is InChI=1S/C11H18N2O2/c1-2-4-9(7-12)11(15)13-6-3-5-10(14)8-13/h9-10,14H,2-6,8H2,1H3/t9?,10-/m0/s1. The van der Waals surface area contributed by atoms with Crippen molar-refractivity contribution in [2.45, 2.75) is 38.7 Å². The van der Waals surface area contributed by atoms with Gasteiger partial charge in [-0.15, -0.1) is 0 Å². The number of hydrogen-bond acceptors (Lipinski definition) is 3. The molecule has 0 spiro atoms. The highest BCUT2D eigenvalue weighted by Crippen LogP contribution is 2.15. The van der Waals surface area contributed by atoms with E-state index >= 15 is 0 Å². The summed E-state index contributed by atoms with van der Waals surface area (Å²) < 4.78 is 0. The van der Waals surface area contributed by atoms with Crippen molar-refractivity contribution < 1.29 is 9.90 Å². The van der Waals surface area contributed by atoms with Crippen molar-refractivity contribution in [1.29, 1.82) is 5.26 Å². The molecule has 1 aliphatic rings. The summed E-state index contributed by atoms with van der Waals surface area (Å²) in [4.78, 5) is 13.5. The van der Waals surface area contributed by atoms with Crippen LogP contribution in [0.15, 0.2) is 0 Å². The Kier molecular flexibility index (Phi) is 4.57. The summed E-state index contributed by atoms with van der Waals surface area (Å²) in [5, 5.41) is 18.3. The molecule has 1 rings (SSSR count). The number of β-amino-alcohol motifs (C(OH)–C–C–N with tert-alkyl or cyclic N) is 1. The second-order valence-electron chi connectivity index (χ2n) is 4.05. The summed E-state index contributed by atoms with van der Waals surface area (Å²) in [5.41, 5.74) is 0. The second-order valence-corrected chi connectivity index (χ2v) is 4.05. The van der Waals surface area contributed by atoms with Crippen molar-refractivity contribution in [2.75, 3.05) is 13.1 Å². The zero-order valence-corrected chi connectivity index (χ0v) is 9.15. The van der Waals surface area contributed by atoms with Gasteiger partial charge in [-0.2, -0.15) is 5.26 Å². The molecular weight excluding hydrogens is 192 g/mol. The van der Waals surface area contributed by atoms with E-state index in [1.807, 2.05) is 13.0 Å². The molecule has 1 heterocycles. The maximum atomic E-state index is 11.9. The predicted octanol–water partition coefficient (Wildman–Crippen LogP) is 0.910. The molecular formula is C11H18N2O2. The molecule has 1 fully saturated rings. The summed E-state index contributed by atoms with van der Waals surface area (Å²) in [7, 11) is 0. The average molecular weight is 210 g/mol.